The highest BCUT2D eigenvalue weighted by molar-refractivity contribution is 6.03. The molecule has 4 N–H and O–H groups in total. The third-order valence-electron chi connectivity index (χ3n) is 7.59. The number of carbonyl (C=O) groups is 6. The van der Waals surface area contributed by atoms with Gasteiger partial charge in [0, 0.05) is 36.2 Å². The smallest absolute Gasteiger partial charge is 0.336 e. The number of ether oxygens (including phenoxy) is 1. The van der Waals surface area contributed by atoms with E-state index in [0.29, 0.717) is 24.1 Å². The zero-order valence-electron chi connectivity index (χ0n) is 26.4. The average Bonchev–Trinajstić information content (AvgIpc) is 3.47. The molecule has 0 unspecified atom stereocenters. The molecule has 244 valence electrons. The SMILES string of the molecule is COC(=O)CCC(=O)N[C@@H](C)C(=O)N[C@@H](C)C(=O)N1CCC[C@H]1C(=O)NC(=O)[C@@H](Nc1ccc2c(C)cc(=O)oc2c1)C(C)C. The number of benzene rings is 1. The lowest BCUT2D eigenvalue weighted by molar-refractivity contribution is -0.143. The van der Waals surface area contributed by atoms with Gasteiger partial charge in [0.2, 0.25) is 29.5 Å². The number of anilines is 1. The van der Waals surface area contributed by atoms with E-state index < -0.39 is 65.3 Å². The molecule has 0 saturated carbocycles. The van der Waals surface area contributed by atoms with E-state index in [9.17, 15) is 33.6 Å². The summed E-state index contributed by atoms with van der Waals surface area (Å²) < 4.78 is 9.79. The van der Waals surface area contributed by atoms with Gasteiger partial charge in [-0.05, 0) is 57.2 Å². The Hall–Kier alpha value is -4.75. The molecule has 1 aromatic heterocycles. The van der Waals surface area contributed by atoms with Crippen LogP contribution in [0.25, 0.3) is 11.0 Å². The van der Waals surface area contributed by atoms with Gasteiger partial charge in [0.05, 0.1) is 13.5 Å². The molecule has 0 bridgehead atoms. The molecule has 3 rings (SSSR count). The highest BCUT2D eigenvalue weighted by Gasteiger charge is 2.38. The van der Waals surface area contributed by atoms with Gasteiger partial charge < -0.3 is 30.0 Å². The summed E-state index contributed by atoms with van der Waals surface area (Å²) in [6.45, 7) is 8.59. The predicted molar refractivity (Wildman–Crippen MR) is 164 cm³/mol. The van der Waals surface area contributed by atoms with Crippen molar-refractivity contribution in [3.63, 3.8) is 0 Å². The van der Waals surface area contributed by atoms with Crippen molar-refractivity contribution in [2.24, 2.45) is 5.92 Å². The summed E-state index contributed by atoms with van der Waals surface area (Å²) in [6.07, 6.45) is 0.568. The van der Waals surface area contributed by atoms with Gasteiger partial charge >= 0.3 is 11.6 Å². The maximum atomic E-state index is 13.3. The standard InChI is InChI=1S/C31H41N5O9/c1-16(2)27(34-20-9-10-21-17(3)14-26(39)45-23(21)15-20)30(42)35-29(41)22-8-7-13-36(22)31(43)19(5)33-28(40)18(4)32-24(37)11-12-25(38)44-6/h9-10,14-16,18-19,22,27,34H,7-8,11-13H2,1-6H3,(H,32,37)(H,33,40)(H,35,41,42)/t18-,19-,22-,27-/m0/s1. The van der Waals surface area contributed by atoms with Gasteiger partial charge in [-0.1, -0.05) is 13.8 Å². The molecule has 14 heteroatoms. The second kappa shape index (κ2) is 15.3. The summed E-state index contributed by atoms with van der Waals surface area (Å²) in [6, 6.07) is 2.81. The summed E-state index contributed by atoms with van der Waals surface area (Å²) in [5.74, 6) is -3.67. The van der Waals surface area contributed by atoms with E-state index in [1.807, 2.05) is 13.8 Å². The second-order valence-corrected chi connectivity index (χ2v) is 11.5. The molecule has 14 nitrogen and oxygen atoms in total. The van der Waals surface area contributed by atoms with Crippen LogP contribution >= 0.6 is 0 Å². The van der Waals surface area contributed by atoms with Gasteiger partial charge in [-0.15, -0.1) is 0 Å². The van der Waals surface area contributed by atoms with Crippen LogP contribution in [0.4, 0.5) is 5.69 Å². The zero-order valence-corrected chi connectivity index (χ0v) is 26.4. The van der Waals surface area contributed by atoms with Crippen LogP contribution < -0.4 is 26.9 Å². The molecule has 1 aromatic carbocycles. The van der Waals surface area contributed by atoms with Crippen molar-refractivity contribution in [2.75, 3.05) is 19.0 Å². The lowest BCUT2D eigenvalue weighted by Gasteiger charge is -2.28. The summed E-state index contributed by atoms with van der Waals surface area (Å²) in [7, 11) is 1.21. The van der Waals surface area contributed by atoms with E-state index >= 15 is 0 Å². The Bertz CT molecular complexity index is 1520. The minimum atomic E-state index is -1.02. The third-order valence-corrected chi connectivity index (χ3v) is 7.59. The number of aryl methyl sites for hydroxylation is 1. The number of hydrogen-bond acceptors (Lipinski definition) is 10. The van der Waals surface area contributed by atoms with E-state index in [4.69, 9.17) is 4.42 Å². The molecular weight excluding hydrogens is 586 g/mol. The molecule has 0 aliphatic carbocycles. The quantitative estimate of drug-likeness (QED) is 0.196. The van der Waals surface area contributed by atoms with Crippen LogP contribution in [-0.2, 0) is 33.5 Å². The molecule has 2 aromatic rings. The van der Waals surface area contributed by atoms with E-state index in [1.165, 1.54) is 31.9 Å². The lowest BCUT2D eigenvalue weighted by Crippen LogP contribution is -2.56. The highest BCUT2D eigenvalue weighted by atomic mass is 16.5. The van der Waals surface area contributed by atoms with Crippen LogP contribution in [0.15, 0.2) is 33.5 Å². The number of fused-ring (bicyclic) bond motifs is 1. The lowest BCUT2D eigenvalue weighted by atomic mass is 10.0. The number of hydrogen-bond donors (Lipinski definition) is 4. The van der Waals surface area contributed by atoms with Crippen molar-refractivity contribution in [2.45, 2.75) is 84.5 Å². The van der Waals surface area contributed by atoms with Crippen molar-refractivity contribution >= 4 is 52.2 Å². The monoisotopic (exact) mass is 627 g/mol. The molecule has 45 heavy (non-hydrogen) atoms. The number of nitrogens with zero attached hydrogens (tertiary/aromatic N) is 1. The van der Waals surface area contributed by atoms with Gasteiger partial charge in [0.25, 0.3) is 0 Å². The van der Waals surface area contributed by atoms with Crippen LogP contribution in [0.1, 0.15) is 58.9 Å². The van der Waals surface area contributed by atoms with Gasteiger partial charge in [0.1, 0.15) is 29.8 Å². The molecular formula is C31H41N5O9. The van der Waals surface area contributed by atoms with Crippen LogP contribution in [0.2, 0.25) is 0 Å². The molecule has 4 atom stereocenters. The highest BCUT2D eigenvalue weighted by Crippen LogP contribution is 2.23. The Morgan fingerprint density at radius 2 is 1.69 bits per heavy atom. The summed E-state index contributed by atoms with van der Waals surface area (Å²) in [5, 5.41) is 11.3. The minimum absolute atomic E-state index is 0.136. The van der Waals surface area contributed by atoms with Crippen molar-refractivity contribution in [3.8, 4) is 0 Å². The van der Waals surface area contributed by atoms with E-state index in [-0.39, 0.29) is 25.3 Å². The molecule has 2 heterocycles. The molecule has 0 spiro atoms. The average molecular weight is 628 g/mol. The largest absolute Gasteiger partial charge is 0.469 e. The topological polar surface area (TPSA) is 193 Å². The van der Waals surface area contributed by atoms with Gasteiger partial charge in [0.15, 0.2) is 0 Å². The number of carbonyl (C=O) groups excluding carboxylic acids is 6. The van der Waals surface area contributed by atoms with Crippen molar-refractivity contribution in [1.82, 2.24) is 20.9 Å². The van der Waals surface area contributed by atoms with Gasteiger partial charge in [-0.3, -0.25) is 34.1 Å². The Kier molecular flexibility index (Phi) is 11.8. The summed E-state index contributed by atoms with van der Waals surface area (Å²) in [5.41, 5.74) is 1.16. The summed E-state index contributed by atoms with van der Waals surface area (Å²) >= 11 is 0. The molecule has 0 radical (unpaired) electrons. The van der Waals surface area contributed by atoms with Crippen LogP contribution in [0.3, 0.4) is 0 Å². The molecule has 1 fully saturated rings. The fraction of sp³-hybridized carbons (Fsp3) is 0.516. The first-order valence-electron chi connectivity index (χ1n) is 14.8. The van der Waals surface area contributed by atoms with Crippen LogP contribution in [-0.4, -0.2) is 78.2 Å². The van der Waals surface area contributed by atoms with E-state index in [2.05, 4.69) is 26.0 Å². The van der Waals surface area contributed by atoms with Crippen molar-refractivity contribution in [1.29, 1.82) is 0 Å². The first-order valence-corrected chi connectivity index (χ1v) is 14.8. The van der Waals surface area contributed by atoms with Gasteiger partial charge in [-0.2, -0.15) is 0 Å². The van der Waals surface area contributed by atoms with Gasteiger partial charge in [-0.25, -0.2) is 4.79 Å². The predicted octanol–water partition coefficient (Wildman–Crippen LogP) is 1.13. The number of esters is 1. The first-order chi connectivity index (χ1) is 21.2. The molecule has 5 amide bonds. The maximum Gasteiger partial charge on any atom is 0.336 e. The van der Waals surface area contributed by atoms with Crippen molar-refractivity contribution in [3.05, 3.63) is 40.2 Å². The van der Waals surface area contributed by atoms with Crippen LogP contribution in [0, 0.1) is 12.8 Å². The Morgan fingerprint density at radius 1 is 0.978 bits per heavy atom. The number of methoxy groups -OCH3 is 1. The minimum Gasteiger partial charge on any atom is -0.469 e. The van der Waals surface area contributed by atoms with Crippen LogP contribution in [0.5, 0.6) is 0 Å². The summed E-state index contributed by atoms with van der Waals surface area (Å²) in [4.78, 5) is 88.7. The molecule has 1 aliphatic heterocycles. The normalized spacial score (nSPS) is 16.4. The Labute approximate surface area is 260 Å². The Balaban J connectivity index is 1.60. The number of imide groups is 1. The Morgan fingerprint density at radius 3 is 2.36 bits per heavy atom. The number of nitrogens with one attached hydrogen (secondary N) is 4. The fourth-order valence-corrected chi connectivity index (χ4v) is 5.06. The first kappa shape index (κ1) is 34.7. The fourth-order valence-electron chi connectivity index (χ4n) is 5.06. The molecule has 1 saturated heterocycles. The number of likely N-dealkylation sites (tertiary alicyclic amines) is 1. The zero-order chi connectivity index (χ0) is 33.4. The van der Waals surface area contributed by atoms with E-state index in [1.54, 1.807) is 25.1 Å². The second-order valence-electron chi connectivity index (χ2n) is 11.5. The number of rotatable bonds is 12. The maximum absolute atomic E-state index is 13.3. The number of amides is 5. The molecule has 1 aliphatic rings. The third kappa shape index (κ3) is 9.13. The van der Waals surface area contributed by atoms with E-state index in [0.717, 1.165) is 10.9 Å². The van der Waals surface area contributed by atoms with Crippen molar-refractivity contribution < 1.29 is 37.9 Å².